The van der Waals surface area contributed by atoms with Crippen molar-refractivity contribution in [1.29, 1.82) is 0 Å². The maximum Gasteiger partial charge on any atom is 0.139 e. The number of rotatable bonds is 6. The molecule has 4 aliphatic rings. The summed E-state index contributed by atoms with van der Waals surface area (Å²) >= 11 is 0. The second kappa shape index (κ2) is 8.46. The van der Waals surface area contributed by atoms with Crippen LogP contribution in [0.5, 0.6) is 0 Å². The summed E-state index contributed by atoms with van der Waals surface area (Å²) in [4.78, 5) is 24.5. The van der Waals surface area contributed by atoms with Crippen molar-refractivity contribution in [3.63, 3.8) is 0 Å². The zero-order chi connectivity index (χ0) is 20.6. The van der Waals surface area contributed by atoms with E-state index in [1.165, 1.54) is 57.8 Å². The minimum absolute atomic E-state index is 0.0165. The van der Waals surface area contributed by atoms with Gasteiger partial charge in [-0.05, 0) is 92.8 Å². The number of hydrogen-bond acceptors (Lipinski definition) is 2. The molecule has 0 N–H and O–H groups in total. The van der Waals surface area contributed by atoms with Gasteiger partial charge in [-0.1, -0.05) is 40.0 Å². The van der Waals surface area contributed by atoms with Gasteiger partial charge in [0.2, 0.25) is 0 Å². The molecule has 2 heteroatoms. The van der Waals surface area contributed by atoms with Crippen molar-refractivity contribution < 1.29 is 9.59 Å². The summed E-state index contributed by atoms with van der Waals surface area (Å²) in [6.07, 6.45) is 17.8. The lowest BCUT2D eigenvalue weighted by molar-refractivity contribution is -0.136. The maximum absolute atomic E-state index is 12.6. The van der Waals surface area contributed by atoms with E-state index >= 15 is 0 Å². The summed E-state index contributed by atoms with van der Waals surface area (Å²) < 4.78 is 0. The fourth-order valence-corrected chi connectivity index (χ4v) is 8.63. The van der Waals surface area contributed by atoms with Gasteiger partial charge in [-0.15, -0.1) is 0 Å². The van der Waals surface area contributed by atoms with Crippen LogP contribution in [0.25, 0.3) is 0 Å². The molecule has 0 radical (unpaired) electrons. The van der Waals surface area contributed by atoms with E-state index in [9.17, 15) is 9.59 Å². The average molecular weight is 401 g/mol. The van der Waals surface area contributed by atoms with Crippen LogP contribution in [0.1, 0.15) is 117 Å². The Hall–Kier alpha value is -0.660. The summed E-state index contributed by atoms with van der Waals surface area (Å²) in [5.41, 5.74) is 0.519. The maximum atomic E-state index is 12.6. The van der Waals surface area contributed by atoms with Crippen molar-refractivity contribution >= 4 is 11.6 Å². The SMILES string of the molecule is CCCC(=O)CCC[C@H]1CCC[C@@]2(C)C(CCC3C2CC[C@]2(C)C(=O)CCC32)C1. The Kier molecular flexibility index (Phi) is 6.29. The molecule has 0 bridgehead atoms. The summed E-state index contributed by atoms with van der Waals surface area (Å²) in [7, 11) is 0. The van der Waals surface area contributed by atoms with Gasteiger partial charge in [-0.3, -0.25) is 9.59 Å². The van der Waals surface area contributed by atoms with Crippen LogP contribution in [0.15, 0.2) is 0 Å². The van der Waals surface area contributed by atoms with Crippen molar-refractivity contribution in [3.05, 3.63) is 0 Å². The lowest BCUT2D eigenvalue weighted by Gasteiger charge is -2.58. The fraction of sp³-hybridized carbons (Fsp3) is 0.926. The molecule has 0 aliphatic heterocycles. The molecule has 0 saturated heterocycles. The third kappa shape index (κ3) is 3.87. The van der Waals surface area contributed by atoms with Crippen LogP contribution in [0.4, 0.5) is 0 Å². The third-order valence-corrected chi connectivity index (χ3v) is 10.3. The molecule has 7 atom stereocenters. The normalized spacial score (nSPS) is 44.5. The van der Waals surface area contributed by atoms with E-state index in [0.717, 1.165) is 62.2 Å². The van der Waals surface area contributed by atoms with Gasteiger partial charge >= 0.3 is 0 Å². The van der Waals surface area contributed by atoms with Gasteiger partial charge in [0.15, 0.2) is 0 Å². The number of hydrogen-bond donors (Lipinski definition) is 0. The molecule has 164 valence electrons. The zero-order valence-corrected chi connectivity index (χ0v) is 19.3. The quantitative estimate of drug-likeness (QED) is 0.474. The highest BCUT2D eigenvalue weighted by Crippen LogP contribution is 2.65. The molecule has 0 heterocycles. The van der Waals surface area contributed by atoms with Gasteiger partial charge in [-0.2, -0.15) is 0 Å². The standard InChI is InChI=1S/C27H44O2/c1-4-7-21(28)10-5-8-19-9-6-16-26(2)20(18-19)11-12-22-23-13-14-25(29)27(23,3)17-15-24(22)26/h19-20,22-24H,4-18H2,1-3H3/t19-,20?,22?,23?,24?,26-,27-/m0/s1. The number of carbonyl (C=O) groups is 2. The first-order valence-electron chi connectivity index (χ1n) is 12.9. The Morgan fingerprint density at radius 3 is 2.62 bits per heavy atom. The number of ketones is 2. The first-order valence-corrected chi connectivity index (χ1v) is 12.9. The molecular weight excluding hydrogens is 356 g/mol. The monoisotopic (exact) mass is 400 g/mol. The van der Waals surface area contributed by atoms with Gasteiger partial charge in [0, 0.05) is 24.7 Å². The van der Waals surface area contributed by atoms with E-state index in [1.807, 2.05) is 0 Å². The lowest BCUT2D eigenvalue weighted by Crippen LogP contribution is -2.51. The van der Waals surface area contributed by atoms with Gasteiger partial charge in [-0.25, -0.2) is 0 Å². The Morgan fingerprint density at radius 1 is 1.00 bits per heavy atom. The molecular formula is C27H44O2. The molecule has 0 spiro atoms. The molecule has 4 aliphatic carbocycles. The largest absolute Gasteiger partial charge is 0.300 e. The highest BCUT2D eigenvalue weighted by atomic mass is 16.1. The first-order chi connectivity index (χ1) is 13.9. The molecule has 0 aromatic carbocycles. The Morgan fingerprint density at radius 2 is 1.83 bits per heavy atom. The van der Waals surface area contributed by atoms with E-state index in [-0.39, 0.29) is 5.41 Å². The molecule has 2 nitrogen and oxygen atoms in total. The van der Waals surface area contributed by atoms with E-state index in [4.69, 9.17) is 0 Å². The molecule has 4 saturated carbocycles. The average Bonchev–Trinajstić information content (AvgIpc) is 2.88. The molecule has 0 aromatic rings. The Bertz CT molecular complexity index is 624. The van der Waals surface area contributed by atoms with E-state index < -0.39 is 0 Å². The van der Waals surface area contributed by atoms with Crippen LogP contribution < -0.4 is 0 Å². The summed E-state index contributed by atoms with van der Waals surface area (Å²) in [5, 5.41) is 0. The zero-order valence-electron chi connectivity index (χ0n) is 19.3. The second-order valence-electron chi connectivity index (χ2n) is 11.7. The van der Waals surface area contributed by atoms with E-state index in [0.29, 0.717) is 22.9 Å². The van der Waals surface area contributed by atoms with E-state index in [1.54, 1.807) is 0 Å². The predicted octanol–water partition coefficient (Wildman–Crippen LogP) is 7.14. The van der Waals surface area contributed by atoms with Gasteiger partial charge in [0.1, 0.15) is 11.6 Å². The second-order valence-corrected chi connectivity index (χ2v) is 11.7. The van der Waals surface area contributed by atoms with Crippen molar-refractivity contribution in [2.75, 3.05) is 0 Å². The van der Waals surface area contributed by atoms with Gasteiger partial charge < -0.3 is 0 Å². The Balaban J connectivity index is 1.40. The number of fused-ring (bicyclic) bond motifs is 5. The van der Waals surface area contributed by atoms with Crippen LogP contribution in [0.2, 0.25) is 0 Å². The van der Waals surface area contributed by atoms with Crippen molar-refractivity contribution in [2.24, 2.45) is 40.4 Å². The topological polar surface area (TPSA) is 34.1 Å². The van der Waals surface area contributed by atoms with Crippen molar-refractivity contribution in [1.82, 2.24) is 0 Å². The molecule has 29 heavy (non-hydrogen) atoms. The van der Waals surface area contributed by atoms with Gasteiger partial charge in [0.05, 0.1) is 0 Å². The third-order valence-electron chi connectivity index (χ3n) is 10.3. The van der Waals surface area contributed by atoms with Crippen LogP contribution in [-0.4, -0.2) is 11.6 Å². The Labute approximate surface area is 179 Å². The van der Waals surface area contributed by atoms with E-state index in [2.05, 4.69) is 20.8 Å². The van der Waals surface area contributed by atoms with Crippen LogP contribution in [0, 0.1) is 40.4 Å². The summed E-state index contributed by atoms with van der Waals surface area (Å²) in [6.45, 7) is 7.05. The molecule has 0 aromatic heterocycles. The smallest absolute Gasteiger partial charge is 0.139 e. The van der Waals surface area contributed by atoms with Crippen molar-refractivity contribution in [3.8, 4) is 0 Å². The van der Waals surface area contributed by atoms with Crippen LogP contribution in [-0.2, 0) is 9.59 Å². The highest BCUT2D eigenvalue weighted by molar-refractivity contribution is 5.87. The summed E-state index contributed by atoms with van der Waals surface area (Å²) in [5.74, 6) is 5.11. The summed E-state index contributed by atoms with van der Waals surface area (Å²) in [6, 6.07) is 0. The molecule has 0 amide bonds. The van der Waals surface area contributed by atoms with Crippen LogP contribution in [0.3, 0.4) is 0 Å². The fourth-order valence-electron chi connectivity index (χ4n) is 8.63. The van der Waals surface area contributed by atoms with Crippen molar-refractivity contribution in [2.45, 2.75) is 117 Å². The minimum Gasteiger partial charge on any atom is -0.300 e. The predicted molar refractivity (Wildman–Crippen MR) is 119 cm³/mol. The minimum atomic E-state index is 0.0165. The van der Waals surface area contributed by atoms with Gasteiger partial charge in [0.25, 0.3) is 0 Å². The highest BCUT2D eigenvalue weighted by Gasteiger charge is 2.59. The van der Waals surface area contributed by atoms with Crippen LogP contribution >= 0.6 is 0 Å². The first kappa shape index (κ1) is 21.6. The molecule has 4 rings (SSSR count). The molecule has 4 fully saturated rings. The molecule has 4 unspecified atom stereocenters. The number of Topliss-reactive ketones (excluding diaryl/α,β-unsaturated/α-hetero) is 2. The lowest BCUT2D eigenvalue weighted by atomic mass is 9.47. The number of carbonyl (C=O) groups excluding carboxylic acids is 2.